The summed E-state index contributed by atoms with van der Waals surface area (Å²) < 4.78 is 11.4. The van der Waals surface area contributed by atoms with Crippen molar-refractivity contribution in [3.63, 3.8) is 0 Å². The van der Waals surface area contributed by atoms with E-state index in [1.807, 2.05) is 35.5 Å². The molecule has 8 nitrogen and oxygen atoms in total. The van der Waals surface area contributed by atoms with Gasteiger partial charge in [-0.1, -0.05) is 12.8 Å². The van der Waals surface area contributed by atoms with Gasteiger partial charge in [0.25, 0.3) is 5.91 Å². The van der Waals surface area contributed by atoms with Crippen LogP contribution in [-0.4, -0.2) is 84.3 Å². The number of aryl methyl sites for hydroxylation is 1. The molecule has 0 spiro atoms. The Labute approximate surface area is 224 Å². The van der Waals surface area contributed by atoms with Crippen LogP contribution in [0.5, 0.6) is 5.75 Å². The second-order valence-corrected chi connectivity index (χ2v) is 11.0. The van der Waals surface area contributed by atoms with E-state index in [9.17, 15) is 4.79 Å². The number of piperidine rings is 1. The zero-order valence-electron chi connectivity index (χ0n) is 22.6. The van der Waals surface area contributed by atoms with Crippen LogP contribution in [0.3, 0.4) is 0 Å². The molecule has 1 saturated carbocycles. The molecule has 0 bridgehead atoms. The molecular formula is C30H39N5O3. The number of hydrogen-bond acceptors (Lipinski definition) is 6. The number of likely N-dealkylation sites (tertiary alicyclic amines) is 1. The number of amides is 1. The molecule has 4 heterocycles. The first-order chi connectivity index (χ1) is 18.6. The quantitative estimate of drug-likeness (QED) is 0.487. The van der Waals surface area contributed by atoms with Gasteiger partial charge in [0.2, 0.25) is 0 Å². The normalized spacial score (nSPS) is 19.8. The third-order valence-electron chi connectivity index (χ3n) is 8.65. The number of rotatable bonds is 6. The zero-order chi connectivity index (χ0) is 26.1. The Morgan fingerprint density at radius 1 is 1.08 bits per heavy atom. The highest BCUT2D eigenvalue weighted by atomic mass is 16.5. The van der Waals surface area contributed by atoms with E-state index in [2.05, 4.69) is 22.1 Å². The number of aromatic amines is 1. The summed E-state index contributed by atoms with van der Waals surface area (Å²) in [5, 5.41) is 4.97. The fraction of sp³-hybridized carbons (Fsp3) is 0.533. The van der Waals surface area contributed by atoms with Crippen LogP contribution < -0.4 is 10.1 Å². The van der Waals surface area contributed by atoms with Crippen molar-refractivity contribution in [2.45, 2.75) is 57.5 Å². The number of benzene rings is 1. The number of H-pyrrole nitrogens is 1. The van der Waals surface area contributed by atoms with Crippen LogP contribution in [0.25, 0.3) is 22.2 Å². The Morgan fingerprint density at radius 3 is 2.58 bits per heavy atom. The topological polar surface area (TPSA) is 82.7 Å². The predicted octanol–water partition coefficient (Wildman–Crippen LogP) is 4.84. The summed E-state index contributed by atoms with van der Waals surface area (Å²) in [5.74, 6) is 0.775. The number of fused-ring (bicyclic) bond motifs is 1. The van der Waals surface area contributed by atoms with E-state index >= 15 is 0 Å². The Kier molecular flexibility index (Phi) is 7.26. The minimum absolute atomic E-state index is 0.0784. The first-order valence-corrected chi connectivity index (χ1v) is 14.1. The van der Waals surface area contributed by atoms with Gasteiger partial charge >= 0.3 is 0 Å². The van der Waals surface area contributed by atoms with Crippen LogP contribution in [0, 0.1) is 6.92 Å². The van der Waals surface area contributed by atoms with Gasteiger partial charge in [-0.15, -0.1) is 0 Å². The van der Waals surface area contributed by atoms with Crippen LogP contribution in [0.15, 0.2) is 30.6 Å². The number of carbonyl (C=O) groups is 1. The number of methoxy groups -OCH3 is 1. The summed E-state index contributed by atoms with van der Waals surface area (Å²) in [6.07, 6.45) is 10.8. The Morgan fingerprint density at radius 2 is 1.84 bits per heavy atom. The molecule has 38 heavy (non-hydrogen) atoms. The molecule has 1 aliphatic carbocycles. The molecule has 0 unspecified atom stereocenters. The largest absolute Gasteiger partial charge is 0.496 e. The summed E-state index contributed by atoms with van der Waals surface area (Å²) in [5.41, 5.74) is 5.79. The number of anilines is 1. The van der Waals surface area contributed by atoms with E-state index in [-0.39, 0.29) is 5.91 Å². The molecule has 2 N–H and O–H groups in total. The SMILES string of the molecule is COc1cc(C(=O)N2CCC(N3CCOCC3)CC2)ccc1-c1cnc2[nH]cc(C)c2c1NC1CCCC1. The van der Waals surface area contributed by atoms with E-state index in [0.29, 0.717) is 23.4 Å². The number of nitrogens with zero attached hydrogens (tertiary/aromatic N) is 3. The molecular weight excluding hydrogens is 478 g/mol. The van der Waals surface area contributed by atoms with Crippen LogP contribution in [0.2, 0.25) is 0 Å². The Balaban J connectivity index is 1.25. The lowest BCUT2D eigenvalue weighted by molar-refractivity contribution is 0.00159. The molecule has 3 fully saturated rings. The molecule has 2 saturated heterocycles. The van der Waals surface area contributed by atoms with Gasteiger partial charge in [-0.3, -0.25) is 9.69 Å². The Hall–Kier alpha value is -3.10. The van der Waals surface area contributed by atoms with E-state index in [1.54, 1.807) is 7.11 Å². The predicted molar refractivity (Wildman–Crippen MR) is 150 cm³/mol. The molecule has 2 aromatic heterocycles. The van der Waals surface area contributed by atoms with Crippen molar-refractivity contribution in [1.29, 1.82) is 0 Å². The highest BCUT2D eigenvalue weighted by Crippen LogP contribution is 2.41. The second kappa shape index (κ2) is 10.9. The average Bonchev–Trinajstić information content (AvgIpc) is 3.63. The molecule has 3 aromatic rings. The van der Waals surface area contributed by atoms with Gasteiger partial charge in [0.05, 0.1) is 26.0 Å². The molecule has 6 rings (SSSR count). The van der Waals surface area contributed by atoms with Crippen molar-refractivity contribution in [3.8, 4) is 16.9 Å². The van der Waals surface area contributed by atoms with Gasteiger partial charge in [0.1, 0.15) is 11.4 Å². The maximum absolute atomic E-state index is 13.5. The van der Waals surface area contributed by atoms with Gasteiger partial charge < -0.3 is 24.7 Å². The van der Waals surface area contributed by atoms with Crippen LogP contribution >= 0.6 is 0 Å². The van der Waals surface area contributed by atoms with Gasteiger partial charge in [-0.05, 0) is 56.4 Å². The molecule has 8 heteroatoms. The minimum Gasteiger partial charge on any atom is -0.496 e. The molecule has 1 aromatic carbocycles. The highest BCUT2D eigenvalue weighted by molar-refractivity contribution is 6.02. The standard InChI is InChI=1S/C30H39N5O3/c1-20-18-31-29-27(20)28(33-22-5-3-4-6-22)25(19-32-29)24-8-7-21(17-26(24)37-2)30(36)35-11-9-23(10-12-35)34-13-15-38-16-14-34/h7-8,17-19,22-23H,3-6,9-16H2,1-2H3,(H2,31,32,33). The van der Waals surface area contributed by atoms with Gasteiger partial charge in [-0.25, -0.2) is 4.98 Å². The summed E-state index contributed by atoms with van der Waals surface area (Å²) in [7, 11) is 1.68. The van der Waals surface area contributed by atoms with E-state index in [1.165, 1.54) is 31.2 Å². The number of pyridine rings is 1. The maximum atomic E-state index is 13.5. The van der Waals surface area contributed by atoms with Gasteiger partial charge in [0.15, 0.2) is 0 Å². The lowest BCUT2D eigenvalue weighted by Gasteiger charge is -2.40. The zero-order valence-corrected chi connectivity index (χ0v) is 22.6. The average molecular weight is 518 g/mol. The Bertz CT molecular complexity index is 1280. The minimum atomic E-state index is 0.0784. The monoisotopic (exact) mass is 517 g/mol. The lowest BCUT2D eigenvalue weighted by Crippen LogP contribution is -2.50. The fourth-order valence-electron chi connectivity index (χ4n) is 6.49. The van der Waals surface area contributed by atoms with Crippen molar-refractivity contribution in [1.82, 2.24) is 19.8 Å². The van der Waals surface area contributed by atoms with Crippen LogP contribution in [-0.2, 0) is 4.74 Å². The van der Waals surface area contributed by atoms with E-state index < -0.39 is 0 Å². The van der Waals surface area contributed by atoms with Crippen LogP contribution in [0.1, 0.15) is 54.4 Å². The van der Waals surface area contributed by atoms with E-state index in [0.717, 1.165) is 80.1 Å². The van der Waals surface area contributed by atoms with Gasteiger partial charge in [-0.2, -0.15) is 0 Å². The lowest BCUT2D eigenvalue weighted by atomic mass is 9.98. The van der Waals surface area contributed by atoms with Crippen molar-refractivity contribution in [2.24, 2.45) is 0 Å². The maximum Gasteiger partial charge on any atom is 0.253 e. The first-order valence-electron chi connectivity index (χ1n) is 14.1. The number of carbonyl (C=O) groups excluding carboxylic acids is 1. The van der Waals surface area contributed by atoms with Crippen molar-refractivity contribution in [2.75, 3.05) is 51.8 Å². The smallest absolute Gasteiger partial charge is 0.253 e. The van der Waals surface area contributed by atoms with Crippen molar-refractivity contribution < 1.29 is 14.3 Å². The molecule has 2 aliphatic heterocycles. The fourth-order valence-corrected chi connectivity index (χ4v) is 6.49. The molecule has 202 valence electrons. The summed E-state index contributed by atoms with van der Waals surface area (Å²) >= 11 is 0. The summed E-state index contributed by atoms with van der Waals surface area (Å²) in [4.78, 5) is 26.0. The third-order valence-corrected chi connectivity index (χ3v) is 8.65. The molecule has 0 atom stereocenters. The highest BCUT2D eigenvalue weighted by Gasteiger charge is 2.29. The van der Waals surface area contributed by atoms with Gasteiger partial charge in [0, 0.05) is 72.7 Å². The van der Waals surface area contributed by atoms with Crippen molar-refractivity contribution >= 4 is 22.6 Å². The van der Waals surface area contributed by atoms with E-state index in [4.69, 9.17) is 14.5 Å². The number of hydrogen-bond donors (Lipinski definition) is 2. The molecule has 1 amide bonds. The second-order valence-electron chi connectivity index (χ2n) is 11.0. The number of ether oxygens (including phenoxy) is 2. The first kappa shape index (κ1) is 25.2. The summed E-state index contributed by atoms with van der Waals surface area (Å²) in [6.45, 7) is 7.31. The molecule has 0 radical (unpaired) electrons. The van der Waals surface area contributed by atoms with Crippen molar-refractivity contribution in [3.05, 3.63) is 41.7 Å². The third kappa shape index (κ3) is 4.87. The summed E-state index contributed by atoms with van der Waals surface area (Å²) in [6, 6.07) is 6.88. The number of morpholine rings is 1. The number of aromatic nitrogens is 2. The molecule has 3 aliphatic rings. The van der Waals surface area contributed by atoms with Crippen LogP contribution in [0.4, 0.5) is 5.69 Å². The number of nitrogens with one attached hydrogen (secondary N) is 2.